The molecule has 8 nitrogen and oxygen atoms in total. The van der Waals surface area contributed by atoms with Crippen molar-refractivity contribution in [1.29, 1.82) is 10.5 Å². The summed E-state index contributed by atoms with van der Waals surface area (Å²) < 4.78 is 11.7. The molecule has 0 unspecified atom stereocenters. The van der Waals surface area contributed by atoms with Crippen molar-refractivity contribution in [3.05, 3.63) is 92.0 Å². The van der Waals surface area contributed by atoms with E-state index in [0.717, 1.165) is 135 Å². The van der Waals surface area contributed by atoms with Crippen molar-refractivity contribution in [2.45, 2.75) is 102 Å². The third-order valence-corrected chi connectivity index (χ3v) is 10.6. The molecular weight excluding hydrogens is 667 g/mol. The maximum Gasteiger partial charge on any atom is 0.129 e. The number of hydrogen-bond acceptors (Lipinski definition) is 8. The number of rotatable bonds is 4. The van der Waals surface area contributed by atoms with Crippen LogP contribution in [0.25, 0.3) is 22.3 Å². The van der Waals surface area contributed by atoms with Crippen LogP contribution in [0, 0.1) is 22.7 Å². The van der Waals surface area contributed by atoms with Crippen LogP contribution < -0.4 is 0 Å². The van der Waals surface area contributed by atoms with Crippen LogP contribution in [-0.2, 0) is 35.2 Å². The fraction of sp³-hybridized carbons (Fsp3) is 0.450. The van der Waals surface area contributed by atoms with Crippen LogP contribution in [-0.4, -0.2) is 33.1 Å². The summed E-state index contributed by atoms with van der Waals surface area (Å²) in [6, 6.07) is 12.4. The molecule has 0 saturated carbocycles. The molecule has 10 heteroatoms. The Morgan fingerprint density at radius 2 is 1.04 bits per heavy atom. The molecule has 4 aromatic rings. The summed E-state index contributed by atoms with van der Waals surface area (Å²) in [4.78, 5) is 18.1. The van der Waals surface area contributed by atoms with E-state index in [1.165, 1.54) is 24.0 Å². The van der Waals surface area contributed by atoms with Crippen LogP contribution in [0.4, 0.5) is 0 Å². The lowest BCUT2D eigenvalue weighted by Gasteiger charge is -2.20. The van der Waals surface area contributed by atoms with Gasteiger partial charge in [0.2, 0.25) is 0 Å². The van der Waals surface area contributed by atoms with Crippen LogP contribution in [0.3, 0.4) is 0 Å². The molecule has 2 atom stereocenters. The summed E-state index contributed by atoms with van der Waals surface area (Å²) in [6.45, 7) is 1.48. The number of nitriles is 2. The number of ether oxygens (including phenoxy) is 2. The van der Waals surface area contributed by atoms with Gasteiger partial charge in [0.05, 0.1) is 22.5 Å². The van der Waals surface area contributed by atoms with Crippen molar-refractivity contribution in [3.63, 3.8) is 0 Å². The highest BCUT2D eigenvalue weighted by molar-refractivity contribution is 6.30. The summed E-state index contributed by atoms with van der Waals surface area (Å²) in [5.74, 6) is 0. The number of aromatic nitrogens is 4. The van der Waals surface area contributed by atoms with Crippen molar-refractivity contribution in [1.82, 2.24) is 19.9 Å². The van der Waals surface area contributed by atoms with E-state index in [1.54, 1.807) is 12.4 Å². The molecular formula is C40H40Cl2N6O2. The van der Waals surface area contributed by atoms with E-state index >= 15 is 0 Å². The zero-order chi connectivity index (χ0) is 34.5. The quantitative estimate of drug-likeness (QED) is 0.152. The number of fused-ring (bicyclic) bond motifs is 2. The molecule has 4 aromatic heterocycles. The van der Waals surface area contributed by atoms with Crippen LogP contribution in [0.15, 0.2) is 36.7 Å². The van der Waals surface area contributed by atoms with E-state index in [4.69, 9.17) is 42.6 Å². The van der Waals surface area contributed by atoms with Gasteiger partial charge in [-0.3, -0.25) is 9.97 Å². The molecule has 2 aliphatic carbocycles. The van der Waals surface area contributed by atoms with Crippen molar-refractivity contribution < 1.29 is 9.47 Å². The lowest BCUT2D eigenvalue weighted by molar-refractivity contribution is 0.108. The van der Waals surface area contributed by atoms with E-state index < -0.39 is 0 Å². The van der Waals surface area contributed by atoms with Gasteiger partial charge in [-0.1, -0.05) is 36.0 Å². The van der Waals surface area contributed by atoms with Gasteiger partial charge in [-0.05, 0) is 124 Å². The highest BCUT2D eigenvalue weighted by Gasteiger charge is 2.30. The van der Waals surface area contributed by atoms with Gasteiger partial charge in [0.1, 0.15) is 34.7 Å². The first-order valence-electron chi connectivity index (χ1n) is 17.9. The van der Waals surface area contributed by atoms with Gasteiger partial charge in [-0.2, -0.15) is 10.5 Å². The molecule has 4 aliphatic rings. The van der Waals surface area contributed by atoms with E-state index in [0.29, 0.717) is 21.4 Å². The maximum absolute atomic E-state index is 9.97. The summed E-state index contributed by atoms with van der Waals surface area (Å²) in [6.07, 6.45) is 17.9. The topological polar surface area (TPSA) is 118 Å². The monoisotopic (exact) mass is 706 g/mol. The summed E-state index contributed by atoms with van der Waals surface area (Å²) in [5.41, 5.74) is 11.5. The van der Waals surface area contributed by atoms with Gasteiger partial charge in [-0.25, -0.2) is 9.97 Å². The van der Waals surface area contributed by atoms with Crippen LogP contribution >= 0.6 is 23.2 Å². The minimum Gasteiger partial charge on any atom is -0.372 e. The first kappa shape index (κ1) is 34.5. The second kappa shape index (κ2) is 16.0. The molecule has 2 fully saturated rings. The number of pyridine rings is 4. The second-order valence-corrected chi connectivity index (χ2v) is 14.2. The van der Waals surface area contributed by atoms with Gasteiger partial charge < -0.3 is 9.47 Å². The van der Waals surface area contributed by atoms with Crippen LogP contribution in [0.5, 0.6) is 0 Å². The van der Waals surface area contributed by atoms with Crippen molar-refractivity contribution in [2.24, 2.45) is 0 Å². The Kier molecular flexibility index (Phi) is 11.0. The highest BCUT2D eigenvalue weighted by atomic mass is 35.5. The largest absolute Gasteiger partial charge is 0.372 e. The molecule has 6 heterocycles. The zero-order valence-corrected chi connectivity index (χ0v) is 29.7. The minimum atomic E-state index is -0.0701. The molecule has 8 rings (SSSR count). The summed E-state index contributed by atoms with van der Waals surface area (Å²) >= 11 is 12.3. The predicted octanol–water partition coefficient (Wildman–Crippen LogP) is 9.58. The Morgan fingerprint density at radius 3 is 1.42 bits per heavy atom. The predicted molar refractivity (Wildman–Crippen MR) is 193 cm³/mol. The second-order valence-electron chi connectivity index (χ2n) is 13.4. The first-order valence-corrected chi connectivity index (χ1v) is 18.7. The standard InChI is InChI=1S/2C20H20ClN3O/c2*21-18-11-13(8-9-23-18)19-14-5-2-1-3-6-16(14)24-20(15(19)12-22)17-7-4-10-25-17/h2*8-9,11,17H,1-7,10H2/t2*17-/m10/s1. The van der Waals surface area contributed by atoms with E-state index in [9.17, 15) is 10.5 Å². The van der Waals surface area contributed by atoms with Crippen molar-refractivity contribution >= 4 is 23.2 Å². The average molecular weight is 708 g/mol. The number of hydrogen-bond donors (Lipinski definition) is 0. The number of halogens is 2. The maximum atomic E-state index is 9.97. The highest BCUT2D eigenvalue weighted by Crippen LogP contribution is 2.41. The average Bonchev–Trinajstić information content (AvgIpc) is 3.77. The SMILES string of the molecule is N#Cc1c([C@@H]2CCCO2)nc2c(c1-c1ccnc(Cl)c1)CCCCC2.N#Cc1c([C@H]2CCCO2)nc2c(c1-c1ccnc(Cl)c1)CCCCC2. The van der Waals surface area contributed by atoms with Gasteiger partial charge >= 0.3 is 0 Å². The molecule has 50 heavy (non-hydrogen) atoms. The Morgan fingerprint density at radius 1 is 0.600 bits per heavy atom. The summed E-state index contributed by atoms with van der Waals surface area (Å²) in [5, 5.41) is 20.8. The molecule has 256 valence electrons. The normalized spacial score (nSPS) is 19.9. The van der Waals surface area contributed by atoms with Crippen molar-refractivity contribution in [3.8, 4) is 34.4 Å². The molecule has 0 bridgehead atoms. The smallest absolute Gasteiger partial charge is 0.129 e. The third kappa shape index (κ3) is 7.27. The fourth-order valence-corrected chi connectivity index (χ4v) is 8.26. The Bertz CT molecular complexity index is 1820. The van der Waals surface area contributed by atoms with Gasteiger partial charge in [-0.15, -0.1) is 0 Å². The Balaban J connectivity index is 0.000000157. The molecule has 0 spiro atoms. The number of nitrogens with zero attached hydrogens (tertiary/aromatic N) is 6. The number of aryl methyl sites for hydroxylation is 2. The molecule has 0 amide bonds. The molecule has 0 N–H and O–H groups in total. The van der Waals surface area contributed by atoms with E-state index in [2.05, 4.69) is 22.1 Å². The molecule has 2 aliphatic heterocycles. The molecule has 0 aromatic carbocycles. The Hall–Kier alpha value is -3.92. The first-order chi connectivity index (χ1) is 24.6. The third-order valence-electron chi connectivity index (χ3n) is 10.2. The molecule has 0 radical (unpaired) electrons. The van der Waals surface area contributed by atoms with Crippen LogP contribution in [0.1, 0.15) is 121 Å². The van der Waals surface area contributed by atoms with Crippen LogP contribution in [0.2, 0.25) is 10.3 Å². The van der Waals surface area contributed by atoms with Crippen molar-refractivity contribution in [2.75, 3.05) is 13.2 Å². The lowest BCUT2D eigenvalue weighted by atomic mass is 9.89. The lowest BCUT2D eigenvalue weighted by Crippen LogP contribution is -2.11. The van der Waals surface area contributed by atoms with E-state index in [-0.39, 0.29) is 12.2 Å². The fourth-order valence-electron chi connectivity index (χ4n) is 7.91. The van der Waals surface area contributed by atoms with Gasteiger partial charge in [0, 0.05) is 48.1 Å². The summed E-state index contributed by atoms with van der Waals surface area (Å²) in [7, 11) is 0. The molecule has 2 saturated heterocycles. The van der Waals surface area contributed by atoms with Gasteiger partial charge in [0.15, 0.2) is 0 Å². The van der Waals surface area contributed by atoms with Gasteiger partial charge in [0.25, 0.3) is 0 Å². The minimum absolute atomic E-state index is 0.0701. The Labute approximate surface area is 303 Å². The van der Waals surface area contributed by atoms with E-state index in [1.807, 2.05) is 24.3 Å². The zero-order valence-electron chi connectivity index (χ0n) is 28.2.